The third-order valence-electron chi connectivity index (χ3n) is 3.35. The van der Waals surface area contributed by atoms with Crippen LogP contribution in [0.4, 0.5) is 5.69 Å². The molecule has 0 spiro atoms. The third kappa shape index (κ3) is 3.99. The van der Waals surface area contributed by atoms with Crippen LogP contribution in [0.15, 0.2) is 48.5 Å². The van der Waals surface area contributed by atoms with Gasteiger partial charge in [0, 0.05) is 16.3 Å². The molecule has 0 saturated carbocycles. The summed E-state index contributed by atoms with van der Waals surface area (Å²) in [6.45, 7) is 3.54. The summed E-state index contributed by atoms with van der Waals surface area (Å²) < 4.78 is 0. The second kappa shape index (κ2) is 7.11. The predicted octanol–water partition coefficient (Wildman–Crippen LogP) is 3.97. The van der Waals surface area contributed by atoms with E-state index in [0.717, 1.165) is 5.56 Å². The maximum atomic E-state index is 12.4. The molecule has 0 bridgehead atoms. The first-order valence-corrected chi connectivity index (χ1v) is 7.37. The number of nitrogens with one attached hydrogen (secondary N) is 1. The smallest absolute Gasteiger partial charge is 0.296 e. The minimum Gasteiger partial charge on any atom is -0.508 e. The topological polar surface area (TPSA) is 66.4 Å². The Kier molecular flexibility index (Phi) is 5.19. The highest BCUT2D eigenvalue weighted by atomic mass is 35.5. The van der Waals surface area contributed by atoms with E-state index in [-0.39, 0.29) is 5.75 Å². The molecule has 0 fully saturated rings. The number of benzene rings is 2. The summed E-state index contributed by atoms with van der Waals surface area (Å²) in [6, 6.07) is 11.1. The fourth-order valence-corrected chi connectivity index (χ4v) is 2.32. The van der Waals surface area contributed by atoms with Gasteiger partial charge in [0.05, 0.1) is 0 Å². The average molecular weight is 330 g/mol. The number of phenolic OH excluding ortho intramolecular Hbond substituents is 1. The molecule has 0 atom stereocenters. The summed E-state index contributed by atoms with van der Waals surface area (Å²) in [5.74, 6) is -1.31. The van der Waals surface area contributed by atoms with E-state index in [1.54, 1.807) is 31.2 Å². The van der Waals surface area contributed by atoms with E-state index >= 15 is 0 Å². The molecule has 0 saturated heterocycles. The van der Waals surface area contributed by atoms with Gasteiger partial charge in [-0.2, -0.15) is 0 Å². The van der Waals surface area contributed by atoms with Crippen LogP contribution in [-0.4, -0.2) is 16.8 Å². The van der Waals surface area contributed by atoms with E-state index in [4.69, 9.17) is 11.6 Å². The Morgan fingerprint density at radius 3 is 2.39 bits per heavy atom. The molecule has 2 N–H and O–H groups in total. The molecular formula is C18H16ClNO3. The van der Waals surface area contributed by atoms with Crippen molar-refractivity contribution in [3.05, 3.63) is 64.7 Å². The molecule has 2 rings (SSSR count). The SMILES string of the molecule is C/C=C(/C(=O)C(=O)Nc1ccc(O)cc1)c1cc(Cl)ccc1C. The number of phenols is 1. The standard InChI is InChI=1S/C18H16ClNO3/c1-3-15(16-10-12(19)5-4-11(16)2)17(22)18(23)20-13-6-8-14(21)9-7-13/h3-10,21H,1-2H3,(H,20,23)/b15-3+. The molecule has 0 radical (unpaired) electrons. The summed E-state index contributed by atoms with van der Waals surface area (Å²) in [4.78, 5) is 24.6. The number of halogens is 1. The summed E-state index contributed by atoms with van der Waals surface area (Å²) in [5, 5.41) is 12.2. The number of carbonyl (C=O) groups is 2. The van der Waals surface area contributed by atoms with Crippen LogP contribution in [0.25, 0.3) is 5.57 Å². The van der Waals surface area contributed by atoms with Gasteiger partial charge in [0.1, 0.15) is 5.75 Å². The van der Waals surface area contributed by atoms with Crippen molar-refractivity contribution < 1.29 is 14.7 Å². The zero-order valence-corrected chi connectivity index (χ0v) is 13.5. The van der Waals surface area contributed by atoms with Crippen LogP contribution < -0.4 is 5.32 Å². The van der Waals surface area contributed by atoms with Gasteiger partial charge < -0.3 is 10.4 Å². The summed E-state index contributed by atoms with van der Waals surface area (Å²) in [6.07, 6.45) is 1.59. The monoisotopic (exact) mass is 329 g/mol. The number of Topliss-reactive ketones (excluding diaryl/α,β-unsaturated/α-hetero) is 1. The Balaban J connectivity index is 2.24. The van der Waals surface area contributed by atoms with Crippen molar-refractivity contribution in [2.45, 2.75) is 13.8 Å². The molecule has 0 aromatic heterocycles. The van der Waals surface area contributed by atoms with Gasteiger partial charge in [-0.25, -0.2) is 0 Å². The Labute approximate surface area is 139 Å². The number of aromatic hydroxyl groups is 1. The number of carbonyl (C=O) groups excluding carboxylic acids is 2. The van der Waals surface area contributed by atoms with Crippen LogP contribution in [0.1, 0.15) is 18.1 Å². The van der Waals surface area contributed by atoms with Crippen LogP contribution in [0.3, 0.4) is 0 Å². The van der Waals surface area contributed by atoms with Crippen LogP contribution in [0.2, 0.25) is 5.02 Å². The number of allylic oxidation sites excluding steroid dienone is 1. The van der Waals surface area contributed by atoms with Gasteiger partial charge in [0.25, 0.3) is 11.7 Å². The maximum absolute atomic E-state index is 12.4. The van der Waals surface area contributed by atoms with Crippen LogP contribution in [0.5, 0.6) is 5.75 Å². The lowest BCUT2D eigenvalue weighted by atomic mass is 9.96. The van der Waals surface area contributed by atoms with E-state index < -0.39 is 11.7 Å². The Morgan fingerprint density at radius 2 is 1.78 bits per heavy atom. The zero-order valence-electron chi connectivity index (χ0n) is 12.8. The van der Waals surface area contributed by atoms with E-state index in [1.807, 2.05) is 6.92 Å². The molecule has 23 heavy (non-hydrogen) atoms. The normalized spacial score (nSPS) is 11.2. The molecular weight excluding hydrogens is 314 g/mol. The Bertz CT molecular complexity index is 779. The van der Waals surface area contributed by atoms with Crippen LogP contribution in [0, 0.1) is 6.92 Å². The fourth-order valence-electron chi connectivity index (χ4n) is 2.15. The van der Waals surface area contributed by atoms with Crippen molar-refractivity contribution >= 4 is 34.6 Å². The second-order valence-corrected chi connectivity index (χ2v) is 5.43. The lowest BCUT2D eigenvalue weighted by Crippen LogP contribution is -2.24. The predicted molar refractivity (Wildman–Crippen MR) is 91.6 cm³/mol. The summed E-state index contributed by atoms with van der Waals surface area (Å²) in [7, 11) is 0. The highest BCUT2D eigenvalue weighted by molar-refractivity contribution is 6.56. The molecule has 118 valence electrons. The molecule has 2 aromatic rings. The van der Waals surface area contributed by atoms with E-state index in [2.05, 4.69) is 5.32 Å². The van der Waals surface area contributed by atoms with Gasteiger partial charge in [-0.1, -0.05) is 23.7 Å². The molecule has 0 unspecified atom stereocenters. The zero-order chi connectivity index (χ0) is 17.0. The molecule has 5 heteroatoms. The first kappa shape index (κ1) is 16.8. The molecule has 0 aliphatic rings. The van der Waals surface area contributed by atoms with Crippen molar-refractivity contribution in [2.75, 3.05) is 5.32 Å². The van der Waals surface area contributed by atoms with Crippen molar-refractivity contribution in [3.8, 4) is 5.75 Å². The minimum absolute atomic E-state index is 0.0815. The van der Waals surface area contributed by atoms with Gasteiger partial charge in [0.15, 0.2) is 0 Å². The number of hydrogen-bond acceptors (Lipinski definition) is 3. The van der Waals surface area contributed by atoms with Gasteiger partial charge in [-0.05, 0) is 61.4 Å². The largest absolute Gasteiger partial charge is 0.508 e. The molecule has 0 heterocycles. The number of hydrogen-bond donors (Lipinski definition) is 2. The third-order valence-corrected chi connectivity index (χ3v) is 3.59. The summed E-state index contributed by atoms with van der Waals surface area (Å²) >= 11 is 5.98. The number of anilines is 1. The highest BCUT2D eigenvalue weighted by Gasteiger charge is 2.21. The lowest BCUT2D eigenvalue weighted by molar-refractivity contribution is -0.131. The first-order valence-electron chi connectivity index (χ1n) is 7.00. The Hall–Kier alpha value is -2.59. The minimum atomic E-state index is -0.747. The molecule has 0 aliphatic carbocycles. The average Bonchev–Trinajstić information content (AvgIpc) is 2.53. The number of ketones is 1. The molecule has 1 amide bonds. The lowest BCUT2D eigenvalue weighted by Gasteiger charge is -2.10. The molecule has 0 aliphatic heterocycles. The number of aryl methyl sites for hydroxylation is 1. The molecule has 2 aromatic carbocycles. The Morgan fingerprint density at radius 1 is 1.13 bits per heavy atom. The first-order chi connectivity index (χ1) is 10.9. The van der Waals surface area contributed by atoms with Crippen molar-refractivity contribution in [1.82, 2.24) is 0 Å². The van der Waals surface area contributed by atoms with Gasteiger partial charge in [-0.3, -0.25) is 9.59 Å². The maximum Gasteiger partial charge on any atom is 0.296 e. The van der Waals surface area contributed by atoms with Gasteiger partial charge >= 0.3 is 0 Å². The van der Waals surface area contributed by atoms with Crippen molar-refractivity contribution in [1.29, 1.82) is 0 Å². The van der Waals surface area contributed by atoms with Crippen LogP contribution in [-0.2, 0) is 9.59 Å². The van der Waals surface area contributed by atoms with Gasteiger partial charge in [-0.15, -0.1) is 0 Å². The van der Waals surface area contributed by atoms with E-state index in [1.165, 1.54) is 24.3 Å². The quantitative estimate of drug-likeness (QED) is 0.507. The van der Waals surface area contributed by atoms with Crippen LogP contribution >= 0.6 is 11.6 Å². The second-order valence-electron chi connectivity index (χ2n) is 4.99. The molecule has 4 nitrogen and oxygen atoms in total. The van der Waals surface area contributed by atoms with E-state index in [0.29, 0.717) is 21.8 Å². The summed E-state index contributed by atoms with van der Waals surface area (Å²) in [5.41, 5.74) is 2.21. The van der Waals surface area contributed by atoms with Crippen molar-refractivity contribution in [3.63, 3.8) is 0 Å². The number of rotatable bonds is 4. The fraction of sp³-hybridized carbons (Fsp3) is 0.111. The number of amides is 1. The van der Waals surface area contributed by atoms with E-state index in [9.17, 15) is 14.7 Å². The highest BCUT2D eigenvalue weighted by Crippen LogP contribution is 2.24. The van der Waals surface area contributed by atoms with Gasteiger partial charge in [0.2, 0.25) is 0 Å². The van der Waals surface area contributed by atoms with Crippen molar-refractivity contribution in [2.24, 2.45) is 0 Å².